The molecule has 0 aliphatic heterocycles. The lowest BCUT2D eigenvalue weighted by atomic mass is 10.3. The van der Waals surface area contributed by atoms with Gasteiger partial charge in [0.2, 0.25) is 0 Å². The van der Waals surface area contributed by atoms with E-state index in [0.29, 0.717) is 12.1 Å². The maximum Gasteiger partial charge on any atom is 0.450 e. The number of benzene rings is 1. The van der Waals surface area contributed by atoms with Crippen LogP contribution in [0.15, 0.2) is 36.4 Å². The number of carbonyl (C=O) groups is 1. The second kappa shape index (κ2) is 7.49. The van der Waals surface area contributed by atoms with Crippen LogP contribution in [0.5, 0.6) is 11.5 Å². The number of rotatable bonds is 8. The van der Waals surface area contributed by atoms with Crippen LogP contribution in [0.4, 0.5) is 26.3 Å². The highest BCUT2D eigenvalue weighted by molar-refractivity contribution is 7.88. The first-order chi connectivity index (χ1) is 12.8. The first-order valence-corrected chi connectivity index (χ1v) is 9.60. The molecule has 0 heterocycles. The van der Waals surface area contributed by atoms with E-state index in [0.717, 1.165) is 12.1 Å². The van der Waals surface area contributed by atoms with E-state index in [9.17, 15) is 52.5 Å². The Morgan fingerprint density at radius 3 is 1.72 bits per heavy atom. The Kier molecular flexibility index (Phi) is 6.38. The number of hydrogen-bond donors (Lipinski definition) is 0. The third kappa shape index (κ3) is 4.48. The minimum atomic E-state index is -7.39. The van der Waals surface area contributed by atoms with Crippen molar-refractivity contribution in [3.63, 3.8) is 0 Å². The molecule has 1 aromatic carbocycles. The molecule has 0 unspecified atom stereocenters. The normalized spacial score (nSPS) is 13.7. The summed E-state index contributed by atoms with van der Waals surface area (Å²) in [6, 6.07) is 2.57. The van der Waals surface area contributed by atoms with Crippen LogP contribution in [0.3, 0.4) is 0 Å². The maximum atomic E-state index is 13.6. The molecule has 0 fully saturated rings. The summed E-state index contributed by atoms with van der Waals surface area (Å²) in [5.74, 6) is -9.53. The summed E-state index contributed by atoms with van der Waals surface area (Å²) in [6.07, 6.45) is 0. The lowest BCUT2D eigenvalue weighted by molar-refractivity contribution is -0.247. The molecule has 164 valence electrons. The van der Waals surface area contributed by atoms with Crippen LogP contribution in [0, 0.1) is 0 Å². The summed E-state index contributed by atoms with van der Waals surface area (Å²) < 4.78 is 142. The minimum absolute atomic E-state index is 0.0518. The zero-order valence-corrected chi connectivity index (χ0v) is 15.5. The van der Waals surface area contributed by atoms with E-state index in [1.54, 1.807) is 0 Å². The Balaban J connectivity index is 3.22. The Morgan fingerprint density at radius 1 is 0.931 bits per heavy atom. The van der Waals surface area contributed by atoms with Gasteiger partial charge in [0.25, 0.3) is 0 Å². The molecule has 0 spiro atoms. The number of hydrogen-bond acceptors (Lipinski definition) is 8. The third-order valence-electron chi connectivity index (χ3n) is 2.95. The summed E-state index contributed by atoms with van der Waals surface area (Å²) in [7, 11) is -14.3. The fourth-order valence-electron chi connectivity index (χ4n) is 1.42. The quantitative estimate of drug-likeness (QED) is 0.141. The second-order valence-corrected chi connectivity index (χ2v) is 8.25. The van der Waals surface area contributed by atoms with Crippen LogP contribution in [0.1, 0.15) is 6.92 Å². The van der Waals surface area contributed by atoms with Gasteiger partial charge in [0.1, 0.15) is 11.5 Å². The zero-order valence-electron chi connectivity index (χ0n) is 13.9. The molecule has 0 N–H and O–H groups in total. The van der Waals surface area contributed by atoms with Gasteiger partial charge in [-0.2, -0.15) is 34.8 Å². The smallest absolute Gasteiger partial charge is 0.450 e. The minimum Gasteiger partial charge on any atom is -0.743 e. The van der Waals surface area contributed by atoms with Crippen molar-refractivity contribution in [3.05, 3.63) is 36.4 Å². The van der Waals surface area contributed by atoms with Gasteiger partial charge in [-0.15, -0.1) is 0 Å². The maximum absolute atomic E-state index is 13.6. The van der Waals surface area contributed by atoms with Gasteiger partial charge in [-0.1, -0.05) is 6.58 Å². The molecule has 16 heteroatoms. The summed E-state index contributed by atoms with van der Waals surface area (Å²) in [4.78, 5) is 11.3. The monoisotopic (exact) mass is 471 g/mol. The molecule has 8 nitrogen and oxygen atoms in total. The highest BCUT2D eigenvalue weighted by atomic mass is 32.2. The summed E-state index contributed by atoms with van der Waals surface area (Å²) >= 11 is 0. The van der Waals surface area contributed by atoms with Crippen LogP contribution < -0.4 is 8.92 Å². The predicted octanol–water partition coefficient (Wildman–Crippen LogP) is 2.24. The highest BCUT2D eigenvalue weighted by Gasteiger charge is 2.81. The molecular formula is C13H9F6O8S2-. The molecule has 0 atom stereocenters. The summed E-state index contributed by atoms with van der Waals surface area (Å²) in [5, 5.41) is -13.8. The lowest BCUT2D eigenvalue weighted by Gasteiger charge is -2.32. The SMILES string of the molecule is C=C(C)C(=O)Oc1ccc(OS(=O)(=O)C(F)(F)C(F)(F)C(F)(F)S(=O)(=O)[O-])cc1. The van der Waals surface area contributed by atoms with E-state index < -0.39 is 48.4 Å². The van der Waals surface area contributed by atoms with Gasteiger partial charge < -0.3 is 13.5 Å². The molecule has 0 bridgehead atoms. The van der Waals surface area contributed by atoms with Crippen LogP contribution in [0.2, 0.25) is 0 Å². The summed E-state index contributed by atoms with van der Waals surface area (Å²) in [5.41, 5.74) is -0.0518. The third-order valence-corrected chi connectivity index (χ3v) is 5.13. The molecule has 0 saturated carbocycles. The van der Waals surface area contributed by atoms with E-state index in [4.69, 9.17) is 0 Å². The topological polar surface area (TPSA) is 127 Å². The molecule has 0 aliphatic rings. The summed E-state index contributed by atoms with van der Waals surface area (Å²) in [6.45, 7) is 4.52. The van der Waals surface area contributed by atoms with E-state index >= 15 is 0 Å². The van der Waals surface area contributed by atoms with E-state index in [1.807, 2.05) is 0 Å². The van der Waals surface area contributed by atoms with Crippen LogP contribution >= 0.6 is 0 Å². The van der Waals surface area contributed by atoms with Gasteiger partial charge in [0.05, 0.1) is 0 Å². The molecule has 0 saturated heterocycles. The van der Waals surface area contributed by atoms with Crippen LogP contribution in [-0.4, -0.2) is 43.8 Å². The standard InChI is InChI=1S/C13H10F6O8S2/c1-7(2)10(20)26-8-3-5-9(6-4-8)27-29(24,25)13(18,19)11(14,15)12(16,17)28(21,22)23/h3-6H,1H2,2H3,(H,21,22,23)/p-1. The van der Waals surface area contributed by atoms with Gasteiger partial charge in [-0.3, -0.25) is 0 Å². The predicted molar refractivity (Wildman–Crippen MR) is 81.0 cm³/mol. The van der Waals surface area contributed by atoms with Crippen molar-refractivity contribution in [3.8, 4) is 11.5 Å². The van der Waals surface area contributed by atoms with Gasteiger partial charge in [0.15, 0.2) is 10.1 Å². The van der Waals surface area contributed by atoms with Crippen molar-refractivity contribution in [1.29, 1.82) is 0 Å². The number of ether oxygens (including phenoxy) is 1. The van der Waals surface area contributed by atoms with Crippen molar-refractivity contribution < 1.29 is 61.4 Å². The second-order valence-electron chi connectivity index (χ2n) is 5.24. The largest absolute Gasteiger partial charge is 0.743 e. The Morgan fingerprint density at radius 2 is 1.34 bits per heavy atom. The van der Waals surface area contributed by atoms with Gasteiger partial charge in [-0.05, 0) is 31.2 Å². The van der Waals surface area contributed by atoms with E-state index in [2.05, 4.69) is 15.5 Å². The molecule has 0 radical (unpaired) electrons. The molecule has 29 heavy (non-hydrogen) atoms. The average Bonchev–Trinajstić information content (AvgIpc) is 2.54. The molecule has 0 aliphatic carbocycles. The van der Waals surface area contributed by atoms with Gasteiger partial charge >= 0.3 is 32.5 Å². The van der Waals surface area contributed by atoms with Gasteiger partial charge in [0, 0.05) is 5.57 Å². The fraction of sp³-hybridized carbons (Fsp3) is 0.308. The first-order valence-electron chi connectivity index (χ1n) is 6.78. The van der Waals surface area contributed by atoms with Crippen LogP contribution in [0.25, 0.3) is 0 Å². The lowest BCUT2D eigenvalue weighted by Crippen LogP contribution is -2.61. The van der Waals surface area contributed by atoms with Crippen molar-refractivity contribution >= 4 is 26.2 Å². The number of esters is 1. The van der Waals surface area contributed by atoms with Crippen LogP contribution in [-0.2, 0) is 25.0 Å². The van der Waals surface area contributed by atoms with Gasteiger partial charge in [-0.25, -0.2) is 13.2 Å². The Bertz CT molecular complexity index is 1020. The van der Waals surface area contributed by atoms with Crippen molar-refractivity contribution in [2.75, 3.05) is 0 Å². The van der Waals surface area contributed by atoms with Crippen molar-refractivity contribution in [2.45, 2.75) is 23.4 Å². The fourth-order valence-corrected chi connectivity index (χ4v) is 2.84. The molecule has 0 aromatic heterocycles. The Hall–Kier alpha value is -2.33. The number of halogens is 6. The zero-order chi connectivity index (χ0) is 23.1. The first kappa shape index (κ1) is 24.7. The number of carbonyl (C=O) groups excluding carboxylic acids is 1. The Labute approximate surface area is 159 Å². The van der Waals surface area contributed by atoms with E-state index in [-0.39, 0.29) is 11.3 Å². The highest BCUT2D eigenvalue weighted by Crippen LogP contribution is 2.50. The van der Waals surface area contributed by atoms with Crippen molar-refractivity contribution in [2.24, 2.45) is 0 Å². The molecule has 1 rings (SSSR count). The molecule has 0 amide bonds. The molecule has 1 aromatic rings. The van der Waals surface area contributed by atoms with E-state index in [1.165, 1.54) is 6.92 Å². The molecular weight excluding hydrogens is 462 g/mol. The average molecular weight is 471 g/mol. The van der Waals surface area contributed by atoms with Crippen molar-refractivity contribution in [1.82, 2.24) is 0 Å². The number of alkyl halides is 6.